The van der Waals surface area contributed by atoms with Gasteiger partial charge in [0.15, 0.2) is 0 Å². The molecule has 0 saturated carbocycles. The summed E-state index contributed by atoms with van der Waals surface area (Å²) in [5, 5.41) is 6.86. The lowest BCUT2D eigenvalue weighted by atomic mass is 10.1. The summed E-state index contributed by atoms with van der Waals surface area (Å²) in [4.78, 5) is 12.0. The molecule has 0 spiro atoms. The molecule has 0 radical (unpaired) electrons. The van der Waals surface area contributed by atoms with Gasteiger partial charge in [-0.3, -0.25) is 0 Å². The van der Waals surface area contributed by atoms with Crippen molar-refractivity contribution in [3.8, 4) is 5.75 Å². The highest BCUT2D eigenvalue weighted by Crippen LogP contribution is 2.25. The molecule has 5 nitrogen and oxygen atoms in total. The van der Waals surface area contributed by atoms with Gasteiger partial charge in [-0.05, 0) is 29.3 Å². The van der Waals surface area contributed by atoms with E-state index in [9.17, 15) is 4.79 Å². The van der Waals surface area contributed by atoms with Crippen LogP contribution in [0.5, 0.6) is 5.75 Å². The van der Waals surface area contributed by atoms with E-state index in [2.05, 4.69) is 10.6 Å². The summed E-state index contributed by atoms with van der Waals surface area (Å²) in [5.74, 6) is 0.809. The highest BCUT2D eigenvalue weighted by molar-refractivity contribution is 5.86. The Hall–Kier alpha value is -2.95. The van der Waals surface area contributed by atoms with Crippen molar-refractivity contribution >= 4 is 16.9 Å². The molecule has 24 heavy (non-hydrogen) atoms. The lowest BCUT2D eigenvalue weighted by molar-refractivity contribution is 0.240. The van der Waals surface area contributed by atoms with Gasteiger partial charge in [0.2, 0.25) is 0 Å². The van der Waals surface area contributed by atoms with E-state index in [4.69, 9.17) is 4.74 Å². The predicted molar refractivity (Wildman–Crippen MR) is 95.0 cm³/mol. The predicted octanol–water partition coefficient (Wildman–Crippen LogP) is 3.19. The highest BCUT2D eigenvalue weighted by Gasteiger charge is 2.09. The summed E-state index contributed by atoms with van der Waals surface area (Å²) in [6.45, 7) is 0.973. The fourth-order valence-corrected chi connectivity index (χ4v) is 2.74. The molecule has 0 aliphatic rings. The number of hydrogen-bond donors (Lipinski definition) is 2. The van der Waals surface area contributed by atoms with Crippen LogP contribution >= 0.6 is 0 Å². The molecular formula is C19H21N3O2. The Balaban J connectivity index is 1.63. The second-order valence-electron chi connectivity index (χ2n) is 5.67. The van der Waals surface area contributed by atoms with Crippen molar-refractivity contribution < 1.29 is 9.53 Å². The molecule has 2 N–H and O–H groups in total. The van der Waals surface area contributed by atoms with Crippen LogP contribution in [0.25, 0.3) is 10.9 Å². The first-order valence-electron chi connectivity index (χ1n) is 7.85. The molecule has 0 atom stereocenters. The third-order valence-corrected chi connectivity index (χ3v) is 4.01. The number of aromatic nitrogens is 1. The molecular weight excluding hydrogens is 302 g/mol. The van der Waals surface area contributed by atoms with E-state index in [1.807, 2.05) is 66.3 Å². The van der Waals surface area contributed by atoms with Gasteiger partial charge in [0.1, 0.15) is 5.75 Å². The number of methoxy groups -OCH3 is 1. The van der Waals surface area contributed by atoms with Crippen molar-refractivity contribution in [3.05, 3.63) is 65.9 Å². The van der Waals surface area contributed by atoms with Crippen molar-refractivity contribution in [1.29, 1.82) is 0 Å². The fraction of sp³-hybridized carbons (Fsp3) is 0.211. The molecule has 0 bridgehead atoms. The van der Waals surface area contributed by atoms with Crippen molar-refractivity contribution in [2.75, 3.05) is 7.11 Å². The van der Waals surface area contributed by atoms with E-state index in [0.29, 0.717) is 13.1 Å². The van der Waals surface area contributed by atoms with Crippen LogP contribution < -0.4 is 15.4 Å². The van der Waals surface area contributed by atoms with Gasteiger partial charge in [-0.25, -0.2) is 4.79 Å². The Morgan fingerprint density at radius 3 is 2.58 bits per heavy atom. The van der Waals surface area contributed by atoms with Crippen LogP contribution in [0.3, 0.4) is 0 Å². The van der Waals surface area contributed by atoms with Crippen LogP contribution in [0.15, 0.2) is 54.7 Å². The van der Waals surface area contributed by atoms with Gasteiger partial charge in [-0.15, -0.1) is 0 Å². The minimum absolute atomic E-state index is 0.182. The third kappa shape index (κ3) is 3.51. The average Bonchev–Trinajstić information content (AvgIpc) is 2.94. The van der Waals surface area contributed by atoms with Crippen LogP contribution in [-0.4, -0.2) is 17.7 Å². The number of ether oxygens (including phenoxy) is 1. The maximum atomic E-state index is 12.0. The maximum Gasteiger partial charge on any atom is 0.315 e. The maximum absolute atomic E-state index is 12.0. The summed E-state index contributed by atoms with van der Waals surface area (Å²) < 4.78 is 7.34. The molecule has 1 heterocycles. The number of benzene rings is 2. The SMILES string of the molecule is COc1ccc2c(c1)c(CNC(=O)NCc1ccccc1)cn2C. The van der Waals surface area contributed by atoms with E-state index in [0.717, 1.165) is 27.8 Å². The van der Waals surface area contributed by atoms with Gasteiger partial charge >= 0.3 is 6.03 Å². The minimum atomic E-state index is -0.182. The number of aryl methyl sites for hydroxylation is 1. The molecule has 2 aromatic carbocycles. The third-order valence-electron chi connectivity index (χ3n) is 4.01. The highest BCUT2D eigenvalue weighted by atomic mass is 16.5. The van der Waals surface area contributed by atoms with Gasteiger partial charge in [0.25, 0.3) is 0 Å². The molecule has 2 amide bonds. The first kappa shape index (κ1) is 15.9. The lowest BCUT2D eigenvalue weighted by Crippen LogP contribution is -2.34. The smallest absolute Gasteiger partial charge is 0.315 e. The zero-order chi connectivity index (χ0) is 16.9. The summed E-state index contributed by atoms with van der Waals surface area (Å²) in [6, 6.07) is 15.6. The second-order valence-corrected chi connectivity index (χ2v) is 5.67. The van der Waals surface area contributed by atoms with E-state index < -0.39 is 0 Å². The molecule has 124 valence electrons. The van der Waals surface area contributed by atoms with Crippen molar-refractivity contribution in [3.63, 3.8) is 0 Å². The Labute approximate surface area is 141 Å². The van der Waals surface area contributed by atoms with Gasteiger partial charge < -0.3 is 19.9 Å². The number of urea groups is 1. The molecule has 0 aliphatic heterocycles. The zero-order valence-corrected chi connectivity index (χ0v) is 13.9. The van der Waals surface area contributed by atoms with E-state index in [-0.39, 0.29) is 6.03 Å². The fourth-order valence-electron chi connectivity index (χ4n) is 2.74. The Morgan fingerprint density at radius 1 is 1.08 bits per heavy atom. The number of rotatable bonds is 5. The van der Waals surface area contributed by atoms with Crippen LogP contribution in [0.2, 0.25) is 0 Å². The van der Waals surface area contributed by atoms with E-state index in [1.54, 1.807) is 7.11 Å². The number of carbonyl (C=O) groups excluding carboxylic acids is 1. The van der Waals surface area contributed by atoms with Crippen LogP contribution in [0.1, 0.15) is 11.1 Å². The number of nitrogens with one attached hydrogen (secondary N) is 2. The number of nitrogens with zero attached hydrogens (tertiary/aromatic N) is 1. The molecule has 0 saturated heterocycles. The lowest BCUT2D eigenvalue weighted by Gasteiger charge is -2.07. The first-order valence-corrected chi connectivity index (χ1v) is 7.85. The molecule has 5 heteroatoms. The standard InChI is InChI=1S/C19H21N3O2/c1-22-13-15(17-10-16(24-2)8-9-18(17)22)12-21-19(23)20-11-14-6-4-3-5-7-14/h3-10,13H,11-12H2,1-2H3,(H2,20,21,23). The number of fused-ring (bicyclic) bond motifs is 1. The summed E-state index contributed by atoms with van der Waals surface area (Å²) in [7, 11) is 3.65. The number of amides is 2. The molecule has 0 unspecified atom stereocenters. The van der Waals surface area contributed by atoms with Crippen molar-refractivity contribution in [1.82, 2.24) is 15.2 Å². The average molecular weight is 323 g/mol. The van der Waals surface area contributed by atoms with Gasteiger partial charge in [-0.2, -0.15) is 0 Å². The molecule has 0 fully saturated rings. The summed E-state index contributed by atoms with van der Waals surface area (Å²) in [5.41, 5.74) is 3.24. The van der Waals surface area contributed by atoms with Crippen molar-refractivity contribution in [2.45, 2.75) is 13.1 Å². The van der Waals surface area contributed by atoms with E-state index >= 15 is 0 Å². The molecule has 3 rings (SSSR count). The van der Waals surface area contributed by atoms with Gasteiger partial charge in [-0.1, -0.05) is 30.3 Å². The second kappa shape index (κ2) is 7.08. The Kier molecular flexibility index (Phi) is 4.70. The largest absolute Gasteiger partial charge is 0.497 e. The van der Waals surface area contributed by atoms with Gasteiger partial charge in [0.05, 0.1) is 7.11 Å². The number of carbonyl (C=O) groups is 1. The zero-order valence-electron chi connectivity index (χ0n) is 13.9. The summed E-state index contributed by atoms with van der Waals surface area (Å²) >= 11 is 0. The topological polar surface area (TPSA) is 55.3 Å². The first-order chi connectivity index (χ1) is 11.7. The monoisotopic (exact) mass is 323 g/mol. The molecule has 3 aromatic rings. The normalized spacial score (nSPS) is 10.6. The Morgan fingerprint density at radius 2 is 1.83 bits per heavy atom. The van der Waals surface area contributed by atoms with Crippen LogP contribution in [0, 0.1) is 0 Å². The van der Waals surface area contributed by atoms with Gasteiger partial charge in [0, 0.05) is 37.2 Å². The quantitative estimate of drug-likeness (QED) is 0.757. The Bertz CT molecular complexity index is 840. The molecule has 1 aromatic heterocycles. The summed E-state index contributed by atoms with van der Waals surface area (Å²) in [6.07, 6.45) is 2.03. The van der Waals surface area contributed by atoms with E-state index in [1.165, 1.54) is 0 Å². The number of hydrogen-bond acceptors (Lipinski definition) is 2. The van der Waals surface area contributed by atoms with Crippen molar-refractivity contribution in [2.24, 2.45) is 7.05 Å². The van der Waals surface area contributed by atoms with Crippen LogP contribution in [-0.2, 0) is 20.1 Å². The molecule has 0 aliphatic carbocycles. The minimum Gasteiger partial charge on any atom is -0.497 e. The van der Waals surface area contributed by atoms with Crippen LogP contribution in [0.4, 0.5) is 4.79 Å².